The molecule has 1 aliphatic heterocycles. The summed E-state index contributed by atoms with van der Waals surface area (Å²) in [6.45, 7) is 5.51. The Bertz CT molecular complexity index is 1810. The Morgan fingerprint density at radius 1 is 1.00 bits per heavy atom. The molecule has 12 nitrogen and oxygen atoms in total. The maximum Gasteiger partial charge on any atom is 0.530 e. The fourth-order valence-electron chi connectivity index (χ4n) is 5.46. The van der Waals surface area contributed by atoms with Gasteiger partial charge < -0.3 is 19.7 Å². The van der Waals surface area contributed by atoms with Crippen LogP contribution >= 0.6 is 7.82 Å². The van der Waals surface area contributed by atoms with E-state index in [0.717, 1.165) is 27.8 Å². The Hall–Kier alpha value is -4.32. The number of aliphatic hydroxyl groups excluding tert-OH is 1. The second kappa shape index (κ2) is 15.7. The van der Waals surface area contributed by atoms with E-state index < -0.39 is 37.5 Å². The van der Waals surface area contributed by atoms with E-state index in [4.69, 9.17) is 18.3 Å². The second-order valence-electron chi connectivity index (χ2n) is 11.7. The highest BCUT2D eigenvalue weighted by Gasteiger charge is 2.36. The molecule has 0 aliphatic carbocycles. The van der Waals surface area contributed by atoms with Crippen molar-refractivity contribution >= 4 is 13.7 Å². The first kappa shape index (κ1) is 35.0. The minimum atomic E-state index is -4.08. The lowest BCUT2D eigenvalue weighted by molar-refractivity contribution is -0.121. The van der Waals surface area contributed by atoms with Crippen LogP contribution in [0.15, 0.2) is 88.6 Å². The van der Waals surface area contributed by atoms with Crippen LogP contribution < -0.4 is 21.1 Å². The zero-order valence-corrected chi connectivity index (χ0v) is 28.0. The van der Waals surface area contributed by atoms with Gasteiger partial charge in [0.2, 0.25) is 5.91 Å². The number of rotatable bonds is 14. The monoisotopic (exact) mass is 677 g/mol. The molecule has 5 rings (SSSR count). The third-order valence-electron chi connectivity index (χ3n) is 8.13. The first-order chi connectivity index (χ1) is 23.0. The molecule has 254 valence electrons. The standard InChI is InChI=1S/C35H40N3O9P/c1-4-27-20-38(35(42)37-34(27)41)33-18-30(39)31(46-33)19-36-32(40)17-29-23(2)15-28(16-24(29)3)47-48(43,44-21-25-11-7-5-8-12-25)45-22-26-13-9-6-10-14-26/h5-16,20,30-31,33,39H,4,17-19,21-22H2,1-3H3,(H,36,40)(H,37,41,42)/t30-,31+,33+/m0/s1. The zero-order valence-electron chi connectivity index (χ0n) is 27.1. The number of aryl methyl sites for hydroxylation is 3. The van der Waals surface area contributed by atoms with Crippen molar-refractivity contribution in [2.75, 3.05) is 6.54 Å². The molecule has 13 heteroatoms. The number of ether oxygens (including phenoxy) is 1. The Morgan fingerprint density at radius 2 is 1.58 bits per heavy atom. The van der Waals surface area contributed by atoms with Crippen molar-refractivity contribution in [1.29, 1.82) is 0 Å². The molecule has 2 heterocycles. The molecule has 0 bridgehead atoms. The molecule has 1 saturated heterocycles. The third-order valence-corrected chi connectivity index (χ3v) is 9.45. The van der Waals surface area contributed by atoms with E-state index in [-0.39, 0.29) is 44.3 Å². The summed E-state index contributed by atoms with van der Waals surface area (Å²) in [5.41, 5.74) is 3.18. The van der Waals surface area contributed by atoms with Crippen LogP contribution in [0.25, 0.3) is 0 Å². The summed E-state index contributed by atoms with van der Waals surface area (Å²) < 4.78 is 38.4. The van der Waals surface area contributed by atoms with Gasteiger partial charge in [-0.1, -0.05) is 67.6 Å². The Labute approximate surface area is 278 Å². The van der Waals surface area contributed by atoms with Crippen LogP contribution in [-0.4, -0.2) is 39.3 Å². The van der Waals surface area contributed by atoms with Crippen molar-refractivity contribution < 1.29 is 32.8 Å². The van der Waals surface area contributed by atoms with Crippen LogP contribution in [0.3, 0.4) is 0 Å². The molecule has 1 aliphatic rings. The van der Waals surface area contributed by atoms with Crippen molar-refractivity contribution in [3.63, 3.8) is 0 Å². The van der Waals surface area contributed by atoms with Gasteiger partial charge in [-0.05, 0) is 60.2 Å². The summed E-state index contributed by atoms with van der Waals surface area (Å²) in [6, 6.07) is 21.9. The Kier molecular flexibility index (Phi) is 11.5. The average Bonchev–Trinajstić information content (AvgIpc) is 3.44. The van der Waals surface area contributed by atoms with Gasteiger partial charge in [0.15, 0.2) is 0 Å². The topological polar surface area (TPSA) is 158 Å². The van der Waals surface area contributed by atoms with Crippen molar-refractivity contribution in [2.24, 2.45) is 0 Å². The number of phosphoric acid groups is 1. The molecular weight excluding hydrogens is 637 g/mol. The number of carbonyl (C=O) groups is 1. The quantitative estimate of drug-likeness (QED) is 0.162. The fourth-order valence-corrected chi connectivity index (χ4v) is 6.62. The number of carbonyl (C=O) groups excluding carboxylic acids is 1. The van der Waals surface area contributed by atoms with Gasteiger partial charge in [-0.25, -0.2) is 9.36 Å². The number of aliphatic hydroxyl groups is 1. The Morgan fingerprint density at radius 3 is 2.15 bits per heavy atom. The van der Waals surface area contributed by atoms with Crippen molar-refractivity contribution in [3.05, 3.63) is 133 Å². The van der Waals surface area contributed by atoms with Gasteiger partial charge in [0.25, 0.3) is 5.56 Å². The first-order valence-electron chi connectivity index (χ1n) is 15.7. The number of hydrogen-bond donors (Lipinski definition) is 3. The number of benzene rings is 3. The zero-order chi connectivity index (χ0) is 34.3. The predicted octanol–water partition coefficient (Wildman–Crippen LogP) is 4.64. The minimum Gasteiger partial charge on any atom is -0.404 e. The van der Waals surface area contributed by atoms with Crippen LogP contribution in [0.1, 0.15) is 53.0 Å². The number of amides is 1. The number of aromatic nitrogens is 2. The first-order valence-corrected chi connectivity index (χ1v) is 17.2. The number of phosphoric ester groups is 1. The number of nitrogens with zero attached hydrogens (tertiary/aromatic N) is 1. The van der Waals surface area contributed by atoms with Gasteiger partial charge in [0, 0.05) is 24.7 Å². The van der Waals surface area contributed by atoms with E-state index in [2.05, 4.69) is 10.3 Å². The van der Waals surface area contributed by atoms with Crippen molar-refractivity contribution in [2.45, 2.75) is 71.7 Å². The summed E-state index contributed by atoms with van der Waals surface area (Å²) in [4.78, 5) is 39.6. The highest BCUT2D eigenvalue weighted by molar-refractivity contribution is 7.48. The van der Waals surface area contributed by atoms with E-state index in [9.17, 15) is 24.1 Å². The average molecular weight is 678 g/mol. The number of H-pyrrole nitrogens is 1. The van der Waals surface area contributed by atoms with Crippen LogP contribution in [0, 0.1) is 13.8 Å². The van der Waals surface area contributed by atoms with Crippen LogP contribution in [-0.2, 0) is 49.2 Å². The maximum atomic E-state index is 13.8. The molecule has 0 saturated carbocycles. The van der Waals surface area contributed by atoms with Crippen LogP contribution in [0.4, 0.5) is 0 Å². The molecule has 48 heavy (non-hydrogen) atoms. The van der Waals surface area contributed by atoms with Crippen LogP contribution in [0.5, 0.6) is 5.75 Å². The van der Waals surface area contributed by atoms with Gasteiger partial charge in [-0.2, -0.15) is 0 Å². The van der Waals surface area contributed by atoms with E-state index in [0.29, 0.717) is 12.0 Å². The van der Waals surface area contributed by atoms with E-state index in [1.807, 2.05) is 74.5 Å². The highest BCUT2D eigenvalue weighted by Crippen LogP contribution is 2.51. The van der Waals surface area contributed by atoms with E-state index >= 15 is 0 Å². The lowest BCUT2D eigenvalue weighted by Crippen LogP contribution is -2.38. The molecular formula is C35H40N3O9P. The van der Waals surface area contributed by atoms with Crippen molar-refractivity contribution in [1.82, 2.24) is 14.9 Å². The summed E-state index contributed by atoms with van der Waals surface area (Å²) in [7, 11) is -4.08. The minimum absolute atomic E-state index is 0.0185. The lowest BCUT2D eigenvalue weighted by atomic mass is 9.99. The molecule has 1 fully saturated rings. The van der Waals surface area contributed by atoms with E-state index in [1.54, 1.807) is 19.1 Å². The molecule has 4 aromatic rings. The molecule has 1 aromatic heterocycles. The largest absolute Gasteiger partial charge is 0.530 e. The van der Waals surface area contributed by atoms with Gasteiger partial charge in [0.1, 0.15) is 18.1 Å². The predicted molar refractivity (Wildman–Crippen MR) is 179 cm³/mol. The summed E-state index contributed by atoms with van der Waals surface area (Å²) in [5, 5.41) is 13.4. The smallest absolute Gasteiger partial charge is 0.404 e. The van der Waals surface area contributed by atoms with Gasteiger partial charge in [0.05, 0.1) is 25.7 Å². The van der Waals surface area contributed by atoms with Crippen molar-refractivity contribution in [3.8, 4) is 5.75 Å². The molecule has 0 radical (unpaired) electrons. The summed E-state index contributed by atoms with van der Waals surface area (Å²) >= 11 is 0. The van der Waals surface area contributed by atoms with E-state index in [1.165, 1.54) is 10.8 Å². The second-order valence-corrected chi connectivity index (χ2v) is 13.3. The number of nitrogens with one attached hydrogen (secondary N) is 2. The molecule has 1 amide bonds. The van der Waals surface area contributed by atoms with Gasteiger partial charge >= 0.3 is 13.5 Å². The molecule has 0 unspecified atom stereocenters. The van der Waals surface area contributed by atoms with Crippen LogP contribution in [0.2, 0.25) is 0 Å². The molecule has 3 N–H and O–H groups in total. The maximum absolute atomic E-state index is 13.8. The lowest BCUT2D eigenvalue weighted by Gasteiger charge is -2.20. The molecule has 3 aromatic carbocycles. The summed E-state index contributed by atoms with van der Waals surface area (Å²) in [5.74, 6) is -0.0254. The van der Waals surface area contributed by atoms with Gasteiger partial charge in [-0.3, -0.25) is 28.2 Å². The number of hydrogen-bond acceptors (Lipinski definition) is 9. The Balaban J connectivity index is 1.21. The molecule has 3 atom stereocenters. The third kappa shape index (κ3) is 8.97. The SMILES string of the molecule is CCc1cn([C@H]2C[C@H](O)[C@@H](CNC(=O)Cc3c(C)cc(OP(=O)(OCc4ccccc4)OCc4ccccc4)cc3C)O2)c(=O)[nH]c1=O. The summed E-state index contributed by atoms with van der Waals surface area (Å²) in [6.07, 6.45) is -0.413. The van der Waals surface area contributed by atoms with Gasteiger partial charge in [-0.15, -0.1) is 0 Å². The molecule has 0 spiro atoms. The fraction of sp³-hybridized carbons (Fsp3) is 0.343. The highest BCUT2D eigenvalue weighted by atomic mass is 31.2. The number of aromatic amines is 1. The normalized spacial score (nSPS) is 17.7.